The minimum absolute atomic E-state index is 0.248. The molecule has 1 N–H and O–H groups in total. The van der Waals surface area contributed by atoms with Crippen molar-refractivity contribution in [1.82, 2.24) is 14.9 Å². The maximum absolute atomic E-state index is 4.77. The van der Waals surface area contributed by atoms with Gasteiger partial charge >= 0.3 is 0 Å². The predicted molar refractivity (Wildman–Crippen MR) is 144 cm³/mol. The summed E-state index contributed by atoms with van der Waals surface area (Å²) in [5, 5.41) is 0. The molecule has 7 rings (SSSR count). The zero-order valence-corrected chi connectivity index (χ0v) is 20.5. The molecule has 1 aromatic heterocycles. The van der Waals surface area contributed by atoms with Crippen LogP contribution in [0.3, 0.4) is 0 Å². The van der Waals surface area contributed by atoms with Crippen LogP contribution in [0.4, 0.5) is 0 Å². The van der Waals surface area contributed by atoms with Gasteiger partial charge in [0.05, 0.1) is 11.0 Å². The molecule has 3 unspecified atom stereocenters. The van der Waals surface area contributed by atoms with Crippen LogP contribution in [-0.4, -0.2) is 34.0 Å². The number of aromatic amines is 1. The number of benzene rings is 3. The molecule has 2 aliphatic carbocycles. The lowest BCUT2D eigenvalue weighted by molar-refractivity contribution is 0.0898. The number of aromatic nitrogens is 2. The second-order valence-electron chi connectivity index (χ2n) is 11.0. The first kappa shape index (κ1) is 21.1. The number of nitrogens with zero attached hydrogens (tertiary/aromatic N) is 2. The van der Waals surface area contributed by atoms with E-state index >= 15 is 0 Å². The van der Waals surface area contributed by atoms with E-state index in [0.29, 0.717) is 11.8 Å². The fourth-order valence-corrected chi connectivity index (χ4v) is 7.15. The second kappa shape index (κ2) is 8.20. The molecule has 3 aromatic carbocycles. The molecule has 3 aliphatic rings. The van der Waals surface area contributed by atoms with E-state index in [1.54, 1.807) is 5.56 Å². The van der Waals surface area contributed by atoms with Gasteiger partial charge in [0, 0.05) is 23.6 Å². The zero-order valence-electron chi connectivity index (χ0n) is 20.5. The van der Waals surface area contributed by atoms with Gasteiger partial charge in [-0.2, -0.15) is 0 Å². The highest BCUT2D eigenvalue weighted by Crippen LogP contribution is 2.48. The molecule has 176 valence electrons. The minimum Gasteiger partial charge on any atom is -0.338 e. The summed E-state index contributed by atoms with van der Waals surface area (Å²) < 4.78 is 0. The number of imidazole rings is 1. The highest BCUT2D eigenvalue weighted by Gasteiger charge is 2.45. The van der Waals surface area contributed by atoms with Crippen LogP contribution in [0.25, 0.3) is 28.5 Å². The number of hydrogen-bond acceptors (Lipinski definition) is 2. The van der Waals surface area contributed by atoms with Crippen molar-refractivity contribution in [2.24, 2.45) is 5.92 Å². The van der Waals surface area contributed by atoms with E-state index in [2.05, 4.69) is 95.7 Å². The Kier molecular flexibility index (Phi) is 4.95. The summed E-state index contributed by atoms with van der Waals surface area (Å²) in [7, 11) is 0. The Morgan fingerprint density at radius 1 is 0.943 bits per heavy atom. The average Bonchev–Trinajstić information content (AvgIpc) is 3.64. The molecule has 35 heavy (non-hydrogen) atoms. The van der Waals surface area contributed by atoms with E-state index in [4.69, 9.17) is 4.98 Å². The third-order valence-corrected chi connectivity index (χ3v) is 9.19. The summed E-state index contributed by atoms with van der Waals surface area (Å²) in [4.78, 5) is 11.0. The first-order valence-corrected chi connectivity index (χ1v) is 13.3. The van der Waals surface area contributed by atoms with Gasteiger partial charge in [0.15, 0.2) is 0 Å². The third kappa shape index (κ3) is 3.48. The highest BCUT2D eigenvalue weighted by molar-refractivity contribution is 5.79. The SMILES string of the molecule is C[C@H]1CN(C2CCC(c3ccc(-c4nc5ccccc5[nH]4)cc3)C2)CCC12C=Cc1ccccc12. The molecule has 2 heterocycles. The van der Waals surface area contributed by atoms with E-state index in [0.717, 1.165) is 22.9 Å². The van der Waals surface area contributed by atoms with Gasteiger partial charge < -0.3 is 9.88 Å². The van der Waals surface area contributed by atoms with E-state index in [1.807, 2.05) is 6.07 Å². The van der Waals surface area contributed by atoms with Crippen molar-refractivity contribution in [1.29, 1.82) is 0 Å². The van der Waals surface area contributed by atoms with Crippen molar-refractivity contribution in [3.05, 3.63) is 95.6 Å². The first-order chi connectivity index (χ1) is 17.2. The van der Waals surface area contributed by atoms with Crippen LogP contribution >= 0.6 is 0 Å². The summed E-state index contributed by atoms with van der Waals surface area (Å²) in [5.41, 5.74) is 8.01. The van der Waals surface area contributed by atoms with Gasteiger partial charge in [-0.1, -0.05) is 79.7 Å². The quantitative estimate of drug-likeness (QED) is 0.352. The number of nitrogens with one attached hydrogen (secondary N) is 1. The van der Waals surface area contributed by atoms with Crippen LogP contribution in [0, 0.1) is 5.92 Å². The van der Waals surface area contributed by atoms with Gasteiger partial charge in [-0.15, -0.1) is 0 Å². The number of fused-ring (bicyclic) bond motifs is 3. The summed E-state index contributed by atoms with van der Waals surface area (Å²) in [5.74, 6) is 2.28. The smallest absolute Gasteiger partial charge is 0.138 e. The minimum atomic E-state index is 0.248. The van der Waals surface area contributed by atoms with Gasteiger partial charge in [0.1, 0.15) is 5.82 Å². The molecule has 3 heteroatoms. The molecule has 1 saturated heterocycles. The number of likely N-dealkylation sites (tertiary alicyclic amines) is 1. The van der Waals surface area contributed by atoms with Crippen LogP contribution in [0.15, 0.2) is 78.9 Å². The molecule has 1 saturated carbocycles. The normalized spacial score (nSPS) is 28.2. The van der Waals surface area contributed by atoms with Crippen molar-refractivity contribution in [3.63, 3.8) is 0 Å². The molecule has 4 aromatic rings. The molecule has 2 fully saturated rings. The highest BCUT2D eigenvalue weighted by atomic mass is 15.2. The maximum atomic E-state index is 4.77. The topological polar surface area (TPSA) is 31.9 Å². The fraction of sp³-hybridized carbons (Fsp3) is 0.344. The number of para-hydroxylation sites is 2. The summed E-state index contributed by atoms with van der Waals surface area (Å²) in [6.45, 7) is 4.90. The number of piperidine rings is 1. The number of rotatable bonds is 3. The predicted octanol–water partition coefficient (Wildman–Crippen LogP) is 7.17. The lowest BCUT2D eigenvalue weighted by Gasteiger charge is -2.46. The standard InChI is InChI=1S/C32H33N3/c1-22-21-35(19-18-32(22)17-16-24-6-2-3-7-28(24)32)27-15-14-26(20-27)23-10-12-25(13-11-23)31-33-29-8-4-5-9-30(29)34-31/h2-13,16-17,22,26-27H,14-15,18-21H2,1H3,(H,33,34)/t22-,26?,27?,32?/m0/s1. The lowest BCUT2D eigenvalue weighted by atomic mass is 9.68. The second-order valence-corrected chi connectivity index (χ2v) is 11.0. The molecule has 0 bridgehead atoms. The van der Waals surface area contributed by atoms with Crippen LogP contribution in [0.1, 0.15) is 55.2 Å². The summed E-state index contributed by atoms with van der Waals surface area (Å²) in [6.07, 6.45) is 10.0. The number of allylic oxidation sites excluding steroid dienone is 1. The summed E-state index contributed by atoms with van der Waals surface area (Å²) in [6, 6.07) is 27.2. The van der Waals surface area contributed by atoms with Crippen molar-refractivity contribution >= 4 is 17.1 Å². The van der Waals surface area contributed by atoms with Gasteiger partial charge in [-0.3, -0.25) is 0 Å². The molecule has 0 amide bonds. The van der Waals surface area contributed by atoms with Crippen LogP contribution in [0.5, 0.6) is 0 Å². The van der Waals surface area contributed by atoms with Gasteiger partial charge in [0.2, 0.25) is 0 Å². The molecular weight excluding hydrogens is 426 g/mol. The van der Waals surface area contributed by atoms with Crippen molar-refractivity contribution in [3.8, 4) is 11.4 Å². The lowest BCUT2D eigenvalue weighted by Crippen LogP contribution is -2.50. The van der Waals surface area contributed by atoms with Crippen molar-refractivity contribution in [2.75, 3.05) is 13.1 Å². The fourth-order valence-electron chi connectivity index (χ4n) is 7.15. The summed E-state index contributed by atoms with van der Waals surface area (Å²) >= 11 is 0. The largest absolute Gasteiger partial charge is 0.338 e. The van der Waals surface area contributed by atoms with Gasteiger partial charge in [-0.05, 0) is 72.9 Å². The molecule has 1 spiro atoms. The van der Waals surface area contributed by atoms with Gasteiger partial charge in [-0.25, -0.2) is 4.98 Å². The Labute approximate surface area is 207 Å². The van der Waals surface area contributed by atoms with Gasteiger partial charge in [0.25, 0.3) is 0 Å². The maximum Gasteiger partial charge on any atom is 0.138 e. The van der Waals surface area contributed by atoms with Crippen LogP contribution in [-0.2, 0) is 5.41 Å². The number of H-pyrrole nitrogens is 1. The van der Waals surface area contributed by atoms with E-state index in [-0.39, 0.29) is 5.41 Å². The van der Waals surface area contributed by atoms with Crippen molar-refractivity contribution < 1.29 is 0 Å². The van der Waals surface area contributed by atoms with Crippen LogP contribution in [0.2, 0.25) is 0 Å². The monoisotopic (exact) mass is 459 g/mol. The Bertz CT molecular complexity index is 1360. The first-order valence-electron chi connectivity index (χ1n) is 13.3. The Morgan fingerprint density at radius 3 is 2.63 bits per heavy atom. The molecule has 0 radical (unpaired) electrons. The van der Waals surface area contributed by atoms with E-state index in [9.17, 15) is 0 Å². The molecule has 3 nitrogen and oxygen atoms in total. The number of hydrogen-bond donors (Lipinski definition) is 1. The molecule has 1 aliphatic heterocycles. The molecule has 4 atom stereocenters. The molecular formula is C32H33N3. The van der Waals surface area contributed by atoms with E-state index < -0.39 is 0 Å². The zero-order chi connectivity index (χ0) is 23.4. The van der Waals surface area contributed by atoms with E-state index in [1.165, 1.54) is 55.5 Å². The Morgan fingerprint density at radius 2 is 1.77 bits per heavy atom. The Balaban J connectivity index is 1.03. The Hall–Kier alpha value is -3.17. The third-order valence-electron chi connectivity index (χ3n) is 9.19. The average molecular weight is 460 g/mol. The van der Waals surface area contributed by atoms with Crippen molar-refractivity contribution in [2.45, 2.75) is 50.0 Å². The van der Waals surface area contributed by atoms with Crippen LogP contribution < -0.4 is 0 Å².